The summed E-state index contributed by atoms with van der Waals surface area (Å²) in [5, 5.41) is 11.9. The van der Waals surface area contributed by atoms with E-state index >= 15 is 0 Å². The minimum absolute atomic E-state index is 0.135. The van der Waals surface area contributed by atoms with E-state index in [-0.39, 0.29) is 18.5 Å². The predicted octanol–water partition coefficient (Wildman–Crippen LogP) is -0.247. The zero-order valence-corrected chi connectivity index (χ0v) is 7.58. The van der Waals surface area contributed by atoms with Gasteiger partial charge in [0.05, 0.1) is 6.42 Å². The van der Waals surface area contributed by atoms with Gasteiger partial charge in [0.25, 0.3) is 0 Å². The standard InChI is InChI=1S/C8H16N2O2/c1-6-7(5-8(11)12)10(2)4-3-9-6/h6-7,9H,3-5H2,1-2H3,(H,11,12)/t6-,7-/m1/s1. The van der Waals surface area contributed by atoms with Gasteiger partial charge in [-0.15, -0.1) is 0 Å². The van der Waals surface area contributed by atoms with Crippen molar-refractivity contribution in [3.63, 3.8) is 0 Å². The van der Waals surface area contributed by atoms with E-state index in [0.29, 0.717) is 0 Å². The van der Waals surface area contributed by atoms with Crippen LogP contribution in [-0.4, -0.2) is 48.2 Å². The second-order valence-electron chi connectivity index (χ2n) is 3.39. The molecule has 4 heteroatoms. The van der Waals surface area contributed by atoms with E-state index in [9.17, 15) is 4.79 Å². The first-order valence-corrected chi connectivity index (χ1v) is 4.26. The number of hydrogen-bond acceptors (Lipinski definition) is 3. The third-order valence-corrected chi connectivity index (χ3v) is 2.46. The zero-order valence-electron chi connectivity index (χ0n) is 7.58. The lowest BCUT2D eigenvalue weighted by molar-refractivity contribution is -0.138. The van der Waals surface area contributed by atoms with Gasteiger partial charge in [-0.3, -0.25) is 4.79 Å². The number of hydrogen-bond donors (Lipinski definition) is 2. The van der Waals surface area contributed by atoms with Crippen molar-refractivity contribution in [2.24, 2.45) is 0 Å². The van der Waals surface area contributed by atoms with Gasteiger partial charge in [-0.1, -0.05) is 0 Å². The Kier molecular flexibility index (Phi) is 3.05. The summed E-state index contributed by atoms with van der Waals surface area (Å²) in [5.74, 6) is -0.720. The molecule has 0 radical (unpaired) electrons. The third kappa shape index (κ3) is 2.19. The Labute approximate surface area is 72.6 Å². The van der Waals surface area contributed by atoms with E-state index in [2.05, 4.69) is 10.2 Å². The number of rotatable bonds is 2. The first-order chi connectivity index (χ1) is 5.61. The van der Waals surface area contributed by atoms with Crippen LogP contribution in [0.5, 0.6) is 0 Å². The van der Waals surface area contributed by atoms with Crippen LogP contribution in [-0.2, 0) is 4.79 Å². The summed E-state index contributed by atoms with van der Waals surface area (Å²) in [5.41, 5.74) is 0. The van der Waals surface area contributed by atoms with Crippen molar-refractivity contribution in [1.29, 1.82) is 0 Å². The van der Waals surface area contributed by atoms with Crippen LogP contribution >= 0.6 is 0 Å². The Morgan fingerprint density at radius 3 is 2.92 bits per heavy atom. The SMILES string of the molecule is C[C@H]1NCCN(C)[C@@H]1CC(=O)O. The molecule has 1 fully saturated rings. The normalized spacial score (nSPS) is 31.8. The molecule has 0 bridgehead atoms. The van der Waals surface area contributed by atoms with Crippen molar-refractivity contribution in [2.45, 2.75) is 25.4 Å². The molecule has 0 spiro atoms. The predicted molar refractivity (Wildman–Crippen MR) is 46.1 cm³/mol. The first kappa shape index (κ1) is 9.48. The number of carbonyl (C=O) groups is 1. The molecule has 0 aliphatic carbocycles. The van der Waals surface area contributed by atoms with Crippen LogP contribution < -0.4 is 5.32 Å². The molecule has 0 aromatic heterocycles. The molecule has 0 saturated carbocycles. The molecule has 70 valence electrons. The molecule has 1 rings (SSSR count). The Bertz CT molecular complexity index is 162. The van der Waals surface area contributed by atoms with E-state index in [1.807, 2.05) is 14.0 Å². The van der Waals surface area contributed by atoms with Crippen LogP contribution in [0.4, 0.5) is 0 Å². The molecule has 4 nitrogen and oxygen atoms in total. The molecule has 1 heterocycles. The third-order valence-electron chi connectivity index (χ3n) is 2.46. The van der Waals surface area contributed by atoms with Gasteiger partial charge in [0.1, 0.15) is 0 Å². The van der Waals surface area contributed by atoms with Crippen molar-refractivity contribution in [3.8, 4) is 0 Å². The maximum Gasteiger partial charge on any atom is 0.304 e. The molecule has 0 amide bonds. The van der Waals surface area contributed by atoms with Crippen molar-refractivity contribution in [1.82, 2.24) is 10.2 Å². The fraction of sp³-hybridized carbons (Fsp3) is 0.875. The average molecular weight is 172 g/mol. The maximum atomic E-state index is 10.5. The van der Waals surface area contributed by atoms with Gasteiger partial charge in [-0.25, -0.2) is 0 Å². The lowest BCUT2D eigenvalue weighted by Crippen LogP contribution is -2.55. The van der Waals surface area contributed by atoms with Crippen LogP contribution in [0, 0.1) is 0 Å². The zero-order chi connectivity index (χ0) is 9.14. The summed E-state index contributed by atoms with van der Waals surface area (Å²) in [7, 11) is 1.98. The van der Waals surface area contributed by atoms with Crippen molar-refractivity contribution >= 4 is 5.97 Å². The molecule has 12 heavy (non-hydrogen) atoms. The molecule has 0 unspecified atom stereocenters. The largest absolute Gasteiger partial charge is 0.481 e. The van der Waals surface area contributed by atoms with Crippen molar-refractivity contribution in [3.05, 3.63) is 0 Å². The molecule has 2 atom stereocenters. The lowest BCUT2D eigenvalue weighted by atomic mass is 10.0. The summed E-state index contributed by atoms with van der Waals surface area (Å²) in [6, 6.07) is 0.413. The molecule has 1 aliphatic heterocycles. The van der Waals surface area contributed by atoms with Gasteiger partial charge < -0.3 is 15.3 Å². The van der Waals surface area contributed by atoms with Crippen LogP contribution in [0.25, 0.3) is 0 Å². The van der Waals surface area contributed by atoms with Crippen LogP contribution in [0.3, 0.4) is 0 Å². The van der Waals surface area contributed by atoms with E-state index in [1.54, 1.807) is 0 Å². The Morgan fingerprint density at radius 1 is 1.75 bits per heavy atom. The lowest BCUT2D eigenvalue weighted by Gasteiger charge is -2.37. The first-order valence-electron chi connectivity index (χ1n) is 4.26. The summed E-state index contributed by atoms with van der Waals surface area (Å²) in [4.78, 5) is 12.6. The number of nitrogens with one attached hydrogen (secondary N) is 1. The van der Waals surface area contributed by atoms with Gasteiger partial charge in [0, 0.05) is 25.2 Å². The topological polar surface area (TPSA) is 52.6 Å². The Hall–Kier alpha value is -0.610. The fourth-order valence-electron chi connectivity index (χ4n) is 1.66. The van der Waals surface area contributed by atoms with E-state index in [4.69, 9.17) is 5.11 Å². The average Bonchev–Trinajstić information content (AvgIpc) is 1.97. The van der Waals surface area contributed by atoms with E-state index in [1.165, 1.54) is 0 Å². The highest BCUT2D eigenvalue weighted by molar-refractivity contribution is 5.67. The van der Waals surface area contributed by atoms with Gasteiger partial charge >= 0.3 is 5.97 Å². The monoisotopic (exact) mass is 172 g/mol. The van der Waals surface area contributed by atoms with Crippen molar-refractivity contribution < 1.29 is 9.90 Å². The number of carboxylic acids is 1. The quantitative estimate of drug-likeness (QED) is 0.603. The highest BCUT2D eigenvalue weighted by Crippen LogP contribution is 2.10. The Balaban J connectivity index is 2.50. The van der Waals surface area contributed by atoms with Crippen LogP contribution in [0.15, 0.2) is 0 Å². The summed E-state index contributed by atoms with van der Waals surface area (Å²) >= 11 is 0. The maximum absolute atomic E-state index is 10.5. The van der Waals surface area contributed by atoms with E-state index < -0.39 is 5.97 Å². The smallest absolute Gasteiger partial charge is 0.304 e. The fourth-order valence-corrected chi connectivity index (χ4v) is 1.66. The summed E-state index contributed by atoms with van der Waals surface area (Å²) in [6.07, 6.45) is 0.227. The van der Waals surface area contributed by atoms with Gasteiger partial charge in [-0.2, -0.15) is 0 Å². The number of piperazine rings is 1. The van der Waals surface area contributed by atoms with Gasteiger partial charge in [-0.05, 0) is 14.0 Å². The molecular weight excluding hydrogens is 156 g/mol. The molecule has 1 aliphatic rings. The van der Waals surface area contributed by atoms with Crippen molar-refractivity contribution in [2.75, 3.05) is 20.1 Å². The highest BCUT2D eigenvalue weighted by Gasteiger charge is 2.27. The number of aliphatic carboxylic acids is 1. The Morgan fingerprint density at radius 2 is 2.42 bits per heavy atom. The van der Waals surface area contributed by atoms with Crippen LogP contribution in [0.2, 0.25) is 0 Å². The molecule has 0 aromatic rings. The molecule has 2 N–H and O–H groups in total. The number of likely N-dealkylation sites (N-methyl/N-ethyl adjacent to an activating group) is 1. The van der Waals surface area contributed by atoms with E-state index in [0.717, 1.165) is 13.1 Å². The molecule has 0 aromatic carbocycles. The van der Waals surface area contributed by atoms with Crippen LogP contribution in [0.1, 0.15) is 13.3 Å². The minimum Gasteiger partial charge on any atom is -0.481 e. The van der Waals surface area contributed by atoms with Gasteiger partial charge in [0.2, 0.25) is 0 Å². The summed E-state index contributed by atoms with van der Waals surface area (Å²) < 4.78 is 0. The number of carboxylic acid groups (broad SMARTS) is 1. The second kappa shape index (κ2) is 3.87. The number of nitrogens with zero attached hydrogens (tertiary/aromatic N) is 1. The van der Waals surface area contributed by atoms with Gasteiger partial charge in [0.15, 0.2) is 0 Å². The molecule has 1 saturated heterocycles. The minimum atomic E-state index is -0.720. The molecular formula is C8H16N2O2. The summed E-state index contributed by atoms with van der Waals surface area (Å²) in [6.45, 7) is 3.92. The second-order valence-corrected chi connectivity index (χ2v) is 3.39. The highest BCUT2D eigenvalue weighted by atomic mass is 16.4.